The summed E-state index contributed by atoms with van der Waals surface area (Å²) in [6, 6.07) is 11.4. The summed E-state index contributed by atoms with van der Waals surface area (Å²) in [7, 11) is 0.482. The lowest BCUT2D eigenvalue weighted by Gasteiger charge is -2.42. The summed E-state index contributed by atoms with van der Waals surface area (Å²) in [5.41, 5.74) is 2.38. The Morgan fingerprint density at radius 1 is 0.885 bits per heavy atom. The number of carbonyl (C=O) groups excluding carboxylic acids is 3. The van der Waals surface area contributed by atoms with Gasteiger partial charge in [0.05, 0.1) is 6.04 Å². The van der Waals surface area contributed by atoms with Gasteiger partial charge < -0.3 is 39.5 Å². The quantitative estimate of drug-likeness (QED) is 0.115. The molecule has 0 unspecified atom stereocenters. The van der Waals surface area contributed by atoms with E-state index >= 15 is 0 Å². The van der Waals surface area contributed by atoms with Gasteiger partial charge in [-0.3, -0.25) is 9.59 Å². The van der Waals surface area contributed by atoms with Gasteiger partial charge in [-0.1, -0.05) is 71.9 Å². The van der Waals surface area contributed by atoms with Gasteiger partial charge in [0.15, 0.2) is 6.10 Å². The van der Waals surface area contributed by atoms with Gasteiger partial charge in [-0.25, -0.2) is 9.59 Å². The highest BCUT2D eigenvalue weighted by Gasteiger charge is 2.47. The maximum absolute atomic E-state index is 14.4. The van der Waals surface area contributed by atoms with E-state index in [2.05, 4.69) is 57.2 Å². The van der Waals surface area contributed by atoms with Crippen molar-refractivity contribution in [2.45, 2.75) is 122 Å². The number of nitrogens with zero attached hydrogens (tertiary/aromatic N) is 1. The Morgan fingerprint density at radius 2 is 1.46 bits per heavy atom. The van der Waals surface area contributed by atoms with E-state index in [0.717, 1.165) is 16.5 Å². The number of fused-ring (bicyclic) bond motifs is 1. The molecule has 4 N–H and O–H groups in total. The second kappa shape index (κ2) is 17.4. The number of methoxy groups -OCH3 is 1. The molecule has 2 aromatic carbocycles. The summed E-state index contributed by atoms with van der Waals surface area (Å²) in [4.78, 5) is 57.6. The summed E-state index contributed by atoms with van der Waals surface area (Å²) < 4.78 is 17.6. The summed E-state index contributed by atoms with van der Waals surface area (Å²) in [5, 5.41) is 16.5. The van der Waals surface area contributed by atoms with Gasteiger partial charge in [-0.15, -0.1) is 0 Å². The highest BCUT2D eigenvalue weighted by Crippen LogP contribution is 2.43. The van der Waals surface area contributed by atoms with Crippen LogP contribution in [0.2, 0.25) is 16.6 Å². The van der Waals surface area contributed by atoms with E-state index in [9.17, 15) is 24.3 Å². The third-order valence-corrected chi connectivity index (χ3v) is 15.7. The van der Waals surface area contributed by atoms with E-state index in [0.29, 0.717) is 27.9 Å². The number of para-hydroxylation sites is 1. The van der Waals surface area contributed by atoms with Crippen LogP contribution in [0, 0.1) is 0 Å². The van der Waals surface area contributed by atoms with Crippen molar-refractivity contribution in [1.29, 1.82) is 0 Å². The highest BCUT2D eigenvalue weighted by atomic mass is 28.4. The minimum Gasteiger partial charge on any atom is -0.543 e. The standard InChI is InChI=1S/C39H58N4O8Si/c1-23(2)52(24(3)4,25(5)6)51-29-19-17-27(18-20-29)33(34(49-12)37(46)47)42-35(44)32(21-28-22-40-31-16-14-13-15-30(28)31)43(11)36(45)26(7)41-38(48)50-39(8,9)10/h13-20,22-26,32-34,40H,21H2,1-12H3,(H,41,48)(H,42,44)(H,46,47)/t26-,32+,33-,34-/m0/s1. The van der Waals surface area contributed by atoms with Gasteiger partial charge in [0.25, 0.3) is 8.32 Å². The zero-order chi connectivity index (χ0) is 39.1. The molecule has 52 heavy (non-hydrogen) atoms. The number of carboxylic acid groups (broad SMARTS) is 1. The number of carbonyl (C=O) groups is 4. The number of aromatic nitrogens is 1. The van der Waals surface area contributed by atoms with Crippen LogP contribution in [0.4, 0.5) is 4.79 Å². The van der Waals surface area contributed by atoms with Gasteiger partial charge in [0.2, 0.25) is 11.8 Å². The molecule has 3 amide bonds. The molecule has 1 aromatic heterocycles. The van der Waals surface area contributed by atoms with Crippen LogP contribution < -0.4 is 15.1 Å². The van der Waals surface area contributed by atoms with Crippen molar-refractivity contribution >= 4 is 43.1 Å². The number of rotatable bonds is 16. The van der Waals surface area contributed by atoms with E-state index in [1.165, 1.54) is 26.0 Å². The largest absolute Gasteiger partial charge is 0.543 e. The third kappa shape index (κ3) is 9.94. The van der Waals surface area contributed by atoms with Crippen molar-refractivity contribution in [3.05, 3.63) is 65.9 Å². The molecule has 0 saturated carbocycles. The number of hydrogen-bond donors (Lipinski definition) is 4. The molecule has 286 valence electrons. The first-order valence-electron chi connectivity index (χ1n) is 17.9. The summed E-state index contributed by atoms with van der Waals surface area (Å²) in [6.45, 7) is 19.9. The lowest BCUT2D eigenvalue weighted by Crippen LogP contribution is -2.56. The molecule has 3 rings (SSSR count). The lowest BCUT2D eigenvalue weighted by atomic mass is 9.98. The molecule has 0 fully saturated rings. The van der Waals surface area contributed by atoms with E-state index in [4.69, 9.17) is 13.9 Å². The minimum absolute atomic E-state index is 0.0911. The number of ether oxygens (including phenoxy) is 2. The number of amides is 3. The Labute approximate surface area is 309 Å². The molecule has 13 heteroatoms. The summed E-state index contributed by atoms with van der Waals surface area (Å²) >= 11 is 0. The van der Waals surface area contributed by atoms with Gasteiger partial charge in [0, 0.05) is 37.7 Å². The van der Waals surface area contributed by atoms with Crippen LogP contribution in [-0.4, -0.2) is 85.1 Å². The van der Waals surface area contributed by atoms with Crippen LogP contribution in [0.1, 0.15) is 86.4 Å². The highest BCUT2D eigenvalue weighted by molar-refractivity contribution is 6.78. The van der Waals surface area contributed by atoms with Gasteiger partial charge in [0.1, 0.15) is 23.4 Å². The fourth-order valence-electron chi connectivity index (χ4n) is 7.18. The molecular formula is C39H58N4O8Si. The second-order valence-electron chi connectivity index (χ2n) is 15.4. The number of alkyl carbamates (subject to hydrolysis) is 1. The minimum atomic E-state index is -2.27. The summed E-state index contributed by atoms with van der Waals surface area (Å²) in [5.74, 6) is -1.75. The van der Waals surface area contributed by atoms with Crippen LogP contribution >= 0.6 is 0 Å². The van der Waals surface area contributed by atoms with Crippen molar-refractivity contribution < 1.29 is 38.2 Å². The first kappa shape index (κ1) is 42.1. The maximum atomic E-state index is 14.4. The van der Waals surface area contributed by atoms with E-state index in [1.807, 2.05) is 24.3 Å². The van der Waals surface area contributed by atoms with Crippen LogP contribution in [0.5, 0.6) is 5.75 Å². The Balaban J connectivity index is 2.01. The number of aliphatic carboxylic acids is 1. The molecule has 1 heterocycles. The van der Waals surface area contributed by atoms with Crippen LogP contribution in [0.25, 0.3) is 10.9 Å². The number of benzene rings is 2. The fourth-order valence-corrected chi connectivity index (χ4v) is 12.4. The molecule has 0 radical (unpaired) electrons. The van der Waals surface area contributed by atoms with Crippen molar-refractivity contribution in [2.24, 2.45) is 0 Å². The average Bonchev–Trinajstić information content (AvgIpc) is 3.46. The smallest absolute Gasteiger partial charge is 0.408 e. The monoisotopic (exact) mass is 738 g/mol. The molecular weight excluding hydrogens is 681 g/mol. The van der Waals surface area contributed by atoms with Crippen LogP contribution in [0.15, 0.2) is 54.7 Å². The normalized spacial score (nSPS) is 14.5. The molecule has 0 saturated heterocycles. The topological polar surface area (TPSA) is 159 Å². The number of nitrogens with one attached hydrogen (secondary N) is 3. The van der Waals surface area contributed by atoms with Gasteiger partial charge in [-0.2, -0.15) is 0 Å². The van der Waals surface area contributed by atoms with E-state index in [-0.39, 0.29) is 6.42 Å². The molecule has 0 aliphatic carbocycles. The fraction of sp³-hybridized carbons (Fsp3) is 0.538. The number of carboxylic acids is 1. The number of hydrogen-bond acceptors (Lipinski definition) is 7. The number of likely N-dealkylation sites (N-methyl/N-ethyl adjacent to an activating group) is 1. The Morgan fingerprint density at radius 3 is 1.98 bits per heavy atom. The zero-order valence-electron chi connectivity index (χ0n) is 32.7. The molecule has 12 nitrogen and oxygen atoms in total. The van der Waals surface area contributed by atoms with Crippen molar-refractivity contribution in [1.82, 2.24) is 20.5 Å². The van der Waals surface area contributed by atoms with Crippen LogP contribution in [-0.2, 0) is 30.3 Å². The van der Waals surface area contributed by atoms with Crippen molar-refractivity contribution in [3.8, 4) is 5.75 Å². The predicted octanol–water partition coefficient (Wildman–Crippen LogP) is 6.96. The van der Waals surface area contributed by atoms with Crippen molar-refractivity contribution in [3.63, 3.8) is 0 Å². The Kier molecular flexibility index (Phi) is 14.1. The van der Waals surface area contributed by atoms with Gasteiger partial charge >= 0.3 is 12.1 Å². The molecule has 0 aliphatic rings. The molecule has 0 bridgehead atoms. The number of aromatic amines is 1. The lowest BCUT2D eigenvalue weighted by molar-refractivity contribution is -0.151. The summed E-state index contributed by atoms with van der Waals surface area (Å²) in [6.07, 6.45) is -0.348. The van der Waals surface area contributed by atoms with Crippen molar-refractivity contribution in [2.75, 3.05) is 14.2 Å². The Bertz CT molecular complexity index is 1660. The second-order valence-corrected chi connectivity index (χ2v) is 20.7. The average molecular weight is 739 g/mol. The molecule has 4 atom stereocenters. The third-order valence-electron chi connectivity index (χ3n) is 9.65. The molecule has 3 aromatic rings. The maximum Gasteiger partial charge on any atom is 0.408 e. The molecule has 0 spiro atoms. The molecule has 0 aliphatic heterocycles. The van der Waals surface area contributed by atoms with Crippen LogP contribution in [0.3, 0.4) is 0 Å². The number of H-pyrrole nitrogens is 1. The Hall–Kier alpha value is -4.36. The van der Waals surface area contributed by atoms with E-state index < -0.39 is 62.0 Å². The zero-order valence-corrected chi connectivity index (χ0v) is 33.7. The first-order valence-corrected chi connectivity index (χ1v) is 20.0. The van der Waals surface area contributed by atoms with E-state index in [1.54, 1.807) is 51.2 Å². The predicted molar refractivity (Wildman–Crippen MR) is 205 cm³/mol. The first-order chi connectivity index (χ1) is 24.2. The SMILES string of the molecule is CO[C@H](C(=O)O)[C@@H](NC(=O)[C@@H](Cc1c[nH]c2ccccc12)N(C)C(=O)[C@H](C)NC(=O)OC(C)(C)C)c1ccc(O[Si](C(C)C)(C(C)C)C(C)C)cc1. The van der Waals surface area contributed by atoms with Gasteiger partial charge in [-0.05, 0) is 73.6 Å².